The van der Waals surface area contributed by atoms with Gasteiger partial charge in [0.05, 0.1) is 0 Å². The van der Waals surface area contributed by atoms with E-state index in [1.165, 1.54) is 32.1 Å². The lowest BCUT2D eigenvalue weighted by Gasteiger charge is -2.24. The fourth-order valence-electron chi connectivity index (χ4n) is 1.70. The van der Waals surface area contributed by atoms with Crippen LogP contribution in [0.25, 0.3) is 0 Å². The standard InChI is InChI=1S/C10H20O2Si/c1-8(2)10(12-13)11-9-6-4-3-5-7-9/h9H,3-7H2,1-2,13H3. The van der Waals surface area contributed by atoms with E-state index in [2.05, 4.69) is 0 Å². The Morgan fingerprint density at radius 1 is 1.15 bits per heavy atom. The molecule has 1 rings (SSSR count). The normalized spacial score (nSPS) is 18.3. The fraction of sp³-hybridized carbons (Fsp3) is 0.800. The van der Waals surface area contributed by atoms with Crippen LogP contribution in [0.1, 0.15) is 46.0 Å². The predicted molar refractivity (Wildman–Crippen MR) is 57.4 cm³/mol. The molecule has 0 heterocycles. The van der Waals surface area contributed by atoms with Crippen molar-refractivity contribution in [3.05, 3.63) is 11.5 Å². The van der Waals surface area contributed by atoms with E-state index < -0.39 is 0 Å². The second-order valence-corrected chi connectivity index (χ2v) is 4.28. The molecule has 1 aliphatic carbocycles. The summed E-state index contributed by atoms with van der Waals surface area (Å²) in [5.74, 6) is 0.776. The highest BCUT2D eigenvalue weighted by Gasteiger charge is 2.16. The minimum Gasteiger partial charge on any atom is -0.529 e. The molecule has 1 saturated carbocycles. The van der Waals surface area contributed by atoms with E-state index in [9.17, 15) is 0 Å². The van der Waals surface area contributed by atoms with Crippen LogP contribution in [-0.2, 0) is 9.16 Å². The highest BCUT2D eigenvalue weighted by atomic mass is 28.2. The molecule has 0 aromatic rings. The van der Waals surface area contributed by atoms with E-state index >= 15 is 0 Å². The molecule has 76 valence electrons. The SMILES string of the molecule is CC(C)=C(O[SiH3])OC1CCCCC1. The van der Waals surface area contributed by atoms with Crippen molar-refractivity contribution in [2.75, 3.05) is 0 Å². The van der Waals surface area contributed by atoms with E-state index in [0.717, 1.165) is 22.0 Å². The smallest absolute Gasteiger partial charge is 0.263 e. The number of hydrogen-bond acceptors (Lipinski definition) is 2. The molecule has 0 radical (unpaired) electrons. The van der Waals surface area contributed by atoms with E-state index in [1.807, 2.05) is 13.8 Å². The summed E-state index contributed by atoms with van der Waals surface area (Å²) in [4.78, 5) is 0. The van der Waals surface area contributed by atoms with Crippen molar-refractivity contribution in [3.8, 4) is 0 Å². The van der Waals surface area contributed by atoms with Crippen molar-refractivity contribution >= 4 is 10.5 Å². The van der Waals surface area contributed by atoms with E-state index in [1.54, 1.807) is 0 Å². The summed E-state index contributed by atoms with van der Waals surface area (Å²) < 4.78 is 11.1. The van der Waals surface area contributed by atoms with Gasteiger partial charge in [0.15, 0.2) is 0 Å². The Hall–Kier alpha value is -0.443. The molecule has 0 N–H and O–H groups in total. The maximum absolute atomic E-state index is 5.79. The maximum atomic E-state index is 5.79. The lowest BCUT2D eigenvalue weighted by Crippen LogP contribution is -2.17. The van der Waals surface area contributed by atoms with Crippen LogP contribution in [0, 0.1) is 0 Å². The summed E-state index contributed by atoms with van der Waals surface area (Å²) in [6.45, 7) is 4.08. The van der Waals surface area contributed by atoms with Gasteiger partial charge in [0.2, 0.25) is 10.5 Å². The van der Waals surface area contributed by atoms with Gasteiger partial charge in [-0.3, -0.25) is 0 Å². The van der Waals surface area contributed by atoms with E-state index in [0.29, 0.717) is 6.10 Å². The van der Waals surface area contributed by atoms with Gasteiger partial charge in [0.1, 0.15) is 6.10 Å². The summed E-state index contributed by atoms with van der Waals surface area (Å²) in [6.07, 6.45) is 6.78. The Balaban J connectivity index is 2.41. The molecule has 0 atom stereocenters. The van der Waals surface area contributed by atoms with Crippen molar-refractivity contribution in [2.24, 2.45) is 0 Å². The third kappa shape index (κ3) is 3.42. The van der Waals surface area contributed by atoms with Crippen molar-refractivity contribution in [1.29, 1.82) is 0 Å². The summed E-state index contributed by atoms with van der Waals surface area (Å²) in [6, 6.07) is 0. The first-order chi connectivity index (χ1) is 6.24. The molecule has 0 bridgehead atoms. The number of rotatable bonds is 3. The monoisotopic (exact) mass is 200 g/mol. The Morgan fingerprint density at radius 3 is 2.23 bits per heavy atom. The van der Waals surface area contributed by atoms with Crippen LogP contribution < -0.4 is 0 Å². The van der Waals surface area contributed by atoms with Crippen LogP contribution in [0.2, 0.25) is 0 Å². The van der Waals surface area contributed by atoms with Gasteiger partial charge in [0, 0.05) is 5.57 Å². The van der Waals surface area contributed by atoms with Gasteiger partial charge < -0.3 is 9.16 Å². The van der Waals surface area contributed by atoms with Gasteiger partial charge in [-0.15, -0.1) is 0 Å². The van der Waals surface area contributed by atoms with Crippen molar-refractivity contribution < 1.29 is 9.16 Å². The number of ether oxygens (including phenoxy) is 1. The quantitative estimate of drug-likeness (QED) is 0.511. The summed E-state index contributed by atoms with van der Waals surface area (Å²) >= 11 is 0. The molecular formula is C10H20O2Si. The van der Waals surface area contributed by atoms with Gasteiger partial charge in [-0.05, 0) is 39.5 Å². The molecule has 0 amide bonds. The molecule has 0 aromatic heterocycles. The Labute approximate surface area is 83.8 Å². The third-order valence-corrected chi connectivity index (χ3v) is 2.79. The molecule has 13 heavy (non-hydrogen) atoms. The third-order valence-electron chi connectivity index (χ3n) is 2.42. The Kier molecular flexibility index (Phi) is 4.35. The Bertz CT molecular complexity index is 179. The molecule has 1 aliphatic rings. The average molecular weight is 200 g/mol. The fourth-order valence-corrected chi connectivity index (χ4v) is 2.21. The minimum atomic E-state index is 0.410. The van der Waals surface area contributed by atoms with Crippen LogP contribution >= 0.6 is 0 Å². The van der Waals surface area contributed by atoms with Gasteiger partial charge in [-0.2, -0.15) is 0 Å². The van der Waals surface area contributed by atoms with Crippen LogP contribution in [0.4, 0.5) is 0 Å². The zero-order chi connectivity index (χ0) is 9.68. The first-order valence-corrected chi connectivity index (χ1v) is 5.94. The number of hydrogen-bond donors (Lipinski definition) is 0. The van der Waals surface area contributed by atoms with Gasteiger partial charge >= 0.3 is 0 Å². The maximum Gasteiger partial charge on any atom is 0.263 e. The molecule has 3 heteroatoms. The molecule has 0 spiro atoms. The zero-order valence-corrected chi connectivity index (χ0v) is 10.9. The van der Waals surface area contributed by atoms with Crippen molar-refractivity contribution in [2.45, 2.75) is 52.1 Å². The van der Waals surface area contributed by atoms with Crippen LogP contribution in [-0.4, -0.2) is 16.6 Å². The second-order valence-electron chi connectivity index (χ2n) is 3.87. The first-order valence-electron chi connectivity index (χ1n) is 5.12. The zero-order valence-electron chi connectivity index (χ0n) is 8.93. The molecule has 0 aromatic carbocycles. The van der Waals surface area contributed by atoms with Gasteiger partial charge in [-0.1, -0.05) is 6.42 Å². The second kappa shape index (κ2) is 5.32. The molecule has 0 unspecified atom stereocenters. The predicted octanol–water partition coefficient (Wildman–Crippen LogP) is 1.88. The van der Waals surface area contributed by atoms with Crippen molar-refractivity contribution in [1.82, 2.24) is 0 Å². The van der Waals surface area contributed by atoms with Crippen molar-refractivity contribution in [3.63, 3.8) is 0 Å². The molecule has 2 nitrogen and oxygen atoms in total. The summed E-state index contributed by atoms with van der Waals surface area (Å²) in [5, 5.41) is 0. The van der Waals surface area contributed by atoms with Gasteiger partial charge in [0.25, 0.3) is 5.95 Å². The summed E-state index contributed by atoms with van der Waals surface area (Å²) in [7, 11) is 0.717. The van der Waals surface area contributed by atoms with E-state index in [-0.39, 0.29) is 0 Å². The highest BCUT2D eigenvalue weighted by molar-refractivity contribution is 5.98. The first kappa shape index (κ1) is 10.6. The van der Waals surface area contributed by atoms with Crippen LogP contribution in [0.15, 0.2) is 11.5 Å². The molecule has 0 aliphatic heterocycles. The summed E-state index contributed by atoms with van der Waals surface area (Å²) in [5.41, 5.74) is 1.15. The van der Waals surface area contributed by atoms with Crippen LogP contribution in [0.5, 0.6) is 0 Å². The minimum absolute atomic E-state index is 0.410. The van der Waals surface area contributed by atoms with E-state index in [4.69, 9.17) is 9.16 Å². The average Bonchev–Trinajstić information content (AvgIpc) is 2.15. The Morgan fingerprint density at radius 2 is 1.77 bits per heavy atom. The number of allylic oxidation sites excluding steroid dienone is 1. The lowest BCUT2D eigenvalue weighted by molar-refractivity contribution is 0.0218. The largest absolute Gasteiger partial charge is 0.529 e. The van der Waals surface area contributed by atoms with Crippen LogP contribution in [0.3, 0.4) is 0 Å². The molecule has 1 fully saturated rings. The van der Waals surface area contributed by atoms with Gasteiger partial charge in [-0.25, -0.2) is 0 Å². The highest BCUT2D eigenvalue weighted by Crippen LogP contribution is 2.23. The topological polar surface area (TPSA) is 18.5 Å². The molecule has 0 saturated heterocycles. The molecular weight excluding hydrogens is 180 g/mol. The lowest BCUT2D eigenvalue weighted by atomic mass is 9.98.